The molecule has 0 nitrogen and oxygen atoms in total. The molecule has 0 aliphatic heterocycles. The maximum absolute atomic E-state index is 3.67. The zero-order valence-corrected chi connectivity index (χ0v) is 13.0. The van der Waals surface area contributed by atoms with E-state index in [9.17, 15) is 0 Å². The van der Waals surface area contributed by atoms with Crippen molar-refractivity contribution in [2.24, 2.45) is 0 Å². The van der Waals surface area contributed by atoms with E-state index in [1.54, 1.807) is 0 Å². The quantitative estimate of drug-likeness (QED) is 0.718. The maximum atomic E-state index is 3.67. The third-order valence-electron chi connectivity index (χ3n) is 3.30. The van der Waals surface area contributed by atoms with Gasteiger partial charge in [0.15, 0.2) is 0 Å². The Bertz CT molecular complexity index is 714. The molecule has 0 spiro atoms. The van der Waals surface area contributed by atoms with Gasteiger partial charge in [-0.15, -0.1) is 0 Å². The average molecular weight is 364 g/mol. The predicted octanol–water partition coefficient (Wildman–Crippen LogP) is 3.98. The Balaban J connectivity index is 2.36. The Hall–Kier alpha value is -0.860. The summed E-state index contributed by atoms with van der Waals surface area (Å²) in [6.07, 6.45) is 4.54. The fourth-order valence-electron chi connectivity index (χ4n) is 2.47. The summed E-state index contributed by atoms with van der Waals surface area (Å²) in [6, 6.07) is 15.0. The van der Waals surface area contributed by atoms with Crippen LogP contribution in [0.4, 0.5) is 0 Å². The van der Waals surface area contributed by atoms with Crippen LogP contribution in [0.25, 0.3) is 11.6 Å². The summed E-state index contributed by atoms with van der Waals surface area (Å²) in [5, 5.41) is 2.72. The standard InChI is InChI=1S/C16H12Br2/c17-12-8-9-16(18)15(10-12)14-7-3-5-11-4-1-2-6-13(11)14/h1-2,4-6,8-10H,3,7H2. The van der Waals surface area contributed by atoms with Crippen molar-refractivity contribution >= 4 is 43.5 Å². The second-order valence-electron chi connectivity index (χ2n) is 4.43. The van der Waals surface area contributed by atoms with E-state index in [2.05, 4.69) is 80.4 Å². The van der Waals surface area contributed by atoms with Gasteiger partial charge in [0.05, 0.1) is 0 Å². The molecule has 2 heteroatoms. The lowest BCUT2D eigenvalue weighted by Crippen LogP contribution is -2.29. The van der Waals surface area contributed by atoms with Crippen LogP contribution in [-0.4, -0.2) is 0 Å². The van der Waals surface area contributed by atoms with Crippen molar-refractivity contribution < 1.29 is 0 Å². The van der Waals surface area contributed by atoms with Crippen molar-refractivity contribution in [1.29, 1.82) is 0 Å². The third kappa shape index (κ3) is 2.19. The number of benzene rings is 2. The summed E-state index contributed by atoms with van der Waals surface area (Å²) < 4.78 is 2.29. The van der Waals surface area contributed by atoms with Crippen LogP contribution in [0.3, 0.4) is 0 Å². The molecule has 0 aromatic heterocycles. The lowest BCUT2D eigenvalue weighted by Gasteiger charge is -2.13. The molecular formula is C16H12Br2. The van der Waals surface area contributed by atoms with Gasteiger partial charge in [-0.25, -0.2) is 0 Å². The molecule has 0 heterocycles. The summed E-state index contributed by atoms with van der Waals surface area (Å²) in [4.78, 5) is 0. The van der Waals surface area contributed by atoms with Gasteiger partial charge in [-0.3, -0.25) is 0 Å². The lowest BCUT2D eigenvalue weighted by atomic mass is 9.94. The molecule has 0 atom stereocenters. The van der Waals surface area contributed by atoms with Gasteiger partial charge in [-0.05, 0) is 52.6 Å². The van der Waals surface area contributed by atoms with E-state index >= 15 is 0 Å². The molecule has 0 unspecified atom stereocenters. The molecule has 18 heavy (non-hydrogen) atoms. The van der Waals surface area contributed by atoms with Crippen molar-refractivity contribution in [2.75, 3.05) is 0 Å². The largest absolute Gasteiger partial charge is 0.0763 e. The molecule has 0 amide bonds. The highest BCUT2D eigenvalue weighted by Gasteiger charge is 2.10. The van der Waals surface area contributed by atoms with Gasteiger partial charge >= 0.3 is 0 Å². The SMILES string of the molecule is Brc1ccc(Br)c(C2=c3ccccc3=CCC2)c1. The minimum Gasteiger partial charge on any atom is -0.0763 e. The van der Waals surface area contributed by atoms with Crippen molar-refractivity contribution in [2.45, 2.75) is 12.8 Å². The normalized spacial score (nSPS) is 14.0. The van der Waals surface area contributed by atoms with Crippen LogP contribution in [0.2, 0.25) is 0 Å². The highest BCUT2D eigenvalue weighted by Crippen LogP contribution is 2.29. The van der Waals surface area contributed by atoms with Gasteiger partial charge in [0, 0.05) is 8.95 Å². The Morgan fingerprint density at radius 3 is 2.67 bits per heavy atom. The summed E-state index contributed by atoms with van der Waals surface area (Å²) in [7, 11) is 0. The summed E-state index contributed by atoms with van der Waals surface area (Å²) in [5.74, 6) is 0. The second-order valence-corrected chi connectivity index (χ2v) is 6.20. The van der Waals surface area contributed by atoms with E-state index in [1.165, 1.54) is 21.6 Å². The second kappa shape index (κ2) is 5.02. The first-order chi connectivity index (χ1) is 8.75. The van der Waals surface area contributed by atoms with E-state index in [0.29, 0.717) is 0 Å². The van der Waals surface area contributed by atoms with E-state index in [0.717, 1.165) is 21.8 Å². The van der Waals surface area contributed by atoms with Crippen LogP contribution in [0.15, 0.2) is 51.4 Å². The monoisotopic (exact) mass is 362 g/mol. The molecule has 0 fully saturated rings. The number of hydrogen-bond acceptors (Lipinski definition) is 0. The van der Waals surface area contributed by atoms with E-state index in [1.807, 2.05) is 0 Å². The summed E-state index contributed by atoms with van der Waals surface area (Å²) in [5.41, 5.74) is 2.73. The molecule has 0 N–H and O–H groups in total. The molecular weight excluding hydrogens is 352 g/mol. The predicted molar refractivity (Wildman–Crippen MR) is 83.7 cm³/mol. The summed E-state index contributed by atoms with van der Waals surface area (Å²) >= 11 is 7.23. The molecule has 0 bridgehead atoms. The average Bonchev–Trinajstić information content (AvgIpc) is 2.41. The van der Waals surface area contributed by atoms with E-state index in [4.69, 9.17) is 0 Å². The van der Waals surface area contributed by atoms with Crippen LogP contribution in [0.1, 0.15) is 18.4 Å². The van der Waals surface area contributed by atoms with Gasteiger partial charge in [-0.1, -0.05) is 62.2 Å². The van der Waals surface area contributed by atoms with Crippen LogP contribution in [0, 0.1) is 0 Å². The van der Waals surface area contributed by atoms with E-state index in [-0.39, 0.29) is 0 Å². The highest BCUT2D eigenvalue weighted by molar-refractivity contribution is 9.11. The van der Waals surface area contributed by atoms with Gasteiger partial charge in [0.1, 0.15) is 0 Å². The zero-order chi connectivity index (χ0) is 12.5. The Morgan fingerprint density at radius 1 is 0.944 bits per heavy atom. The molecule has 1 aliphatic rings. The van der Waals surface area contributed by atoms with Crippen molar-refractivity contribution in [1.82, 2.24) is 0 Å². The van der Waals surface area contributed by atoms with Gasteiger partial charge in [0.2, 0.25) is 0 Å². The third-order valence-corrected chi connectivity index (χ3v) is 4.48. The number of hydrogen-bond donors (Lipinski definition) is 0. The minimum atomic E-state index is 1.10. The number of rotatable bonds is 1. The Kier molecular flexibility index (Phi) is 3.40. The maximum Gasteiger partial charge on any atom is 0.0251 e. The Labute approximate surface area is 123 Å². The zero-order valence-electron chi connectivity index (χ0n) is 9.79. The molecule has 0 saturated carbocycles. The van der Waals surface area contributed by atoms with Crippen LogP contribution in [-0.2, 0) is 0 Å². The van der Waals surface area contributed by atoms with Gasteiger partial charge in [0.25, 0.3) is 0 Å². The van der Waals surface area contributed by atoms with Crippen LogP contribution >= 0.6 is 31.9 Å². The van der Waals surface area contributed by atoms with Crippen molar-refractivity contribution in [3.63, 3.8) is 0 Å². The first-order valence-corrected chi connectivity index (χ1v) is 7.58. The fourth-order valence-corrected chi connectivity index (χ4v) is 3.31. The number of fused-ring (bicyclic) bond motifs is 1. The van der Waals surface area contributed by atoms with Gasteiger partial charge < -0.3 is 0 Å². The molecule has 3 rings (SSSR count). The number of halogens is 2. The topological polar surface area (TPSA) is 0 Å². The molecule has 1 aliphatic carbocycles. The smallest absolute Gasteiger partial charge is 0.0251 e. The minimum absolute atomic E-state index is 1.10. The molecule has 0 radical (unpaired) electrons. The molecule has 2 aromatic rings. The fraction of sp³-hybridized carbons (Fsp3) is 0.125. The lowest BCUT2D eigenvalue weighted by molar-refractivity contribution is 1.07. The van der Waals surface area contributed by atoms with Gasteiger partial charge in [-0.2, -0.15) is 0 Å². The molecule has 0 saturated heterocycles. The first kappa shape index (κ1) is 12.2. The molecule has 90 valence electrons. The highest BCUT2D eigenvalue weighted by atomic mass is 79.9. The summed E-state index contributed by atoms with van der Waals surface area (Å²) in [6.45, 7) is 0. The van der Waals surface area contributed by atoms with Crippen molar-refractivity contribution in [3.05, 3.63) is 67.4 Å². The van der Waals surface area contributed by atoms with Crippen LogP contribution in [0.5, 0.6) is 0 Å². The molecule has 2 aromatic carbocycles. The van der Waals surface area contributed by atoms with E-state index < -0.39 is 0 Å². The Morgan fingerprint density at radius 2 is 1.78 bits per heavy atom. The van der Waals surface area contributed by atoms with Crippen molar-refractivity contribution in [3.8, 4) is 0 Å². The first-order valence-electron chi connectivity index (χ1n) is 5.99. The van der Waals surface area contributed by atoms with Crippen LogP contribution < -0.4 is 10.4 Å².